The zero-order valence-electron chi connectivity index (χ0n) is 18.7. The smallest absolute Gasteiger partial charge is 0.194 e. The van der Waals surface area contributed by atoms with Crippen LogP contribution in [-0.4, -0.2) is 95.0 Å². The van der Waals surface area contributed by atoms with Crippen LogP contribution in [-0.2, 0) is 4.74 Å². The molecule has 1 N–H and O–H groups in total. The normalized spacial score (nSPS) is 20.2. The predicted octanol–water partition coefficient (Wildman–Crippen LogP) is 2.51. The average molecular weight is 531 g/mol. The molecule has 3 rings (SSSR count). The first-order valence-corrected chi connectivity index (χ1v) is 10.9. The molecule has 30 heavy (non-hydrogen) atoms. The molecule has 0 aromatic heterocycles. The van der Waals surface area contributed by atoms with Gasteiger partial charge in [0.1, 0.15) is 5.75 Å². The van der Waals surface area contributed by atoms with E-state index < -0.39 is 0 Å². The Morgan fingerprint density at radius 1 is 1.10 bits per heavy atom. The monoisotopic (exact) mass is 531 g/mol. The number of aliphatic imine (C=N–C) groups is 1. The summed E-state index contributed by atoms with van der Waals surface area (Å²) in [5, 5.41) is 3.50. The molecule has 2 aliphatic heterocycles. The van der Waals surface area contributed by atoms with Crippen molar-refractivity contribution in [3.8, 4) is 5.75 Å². The molecular formula is C22H38IN5O2. The van der Waals surface area contributed by atoms with Crippen LogP contribution in [0.5, 0.6) is 5.75 Å². The Balaban J connectivity index is 0.00000320. The molecule has 0 saturated carbocycles. The summed E-state index contributed by atoms with van der Waals surface area (Å²) in [5.74, 6) is 1.96. The number of nitrogens with zero attached hydrogens (tertiary/aromatic N) is 4. The summed E-state index contributed by atoms with van der Waals surface area (Å²) in [7, 11) is 3.48. The van der Waals surface area contributed by atoms with Gasteiger partial charge in [-0.2, -0.15) is 0 Å². The van der Waals surface area contributed by atoms with Crippen molar-refractivity contribution >= 4 is 35.6 Å². The number of methoxy groups -OCH3 is 2. The third-order valence-corrected chi connectivity index (χ3v) is 5.89. The van der Waals surface area contributed by atoms with Gasteiger partial charge in [-0.05, 0) is 50.6 Å². The maximum atomic E-state index is 5.27. The molecule has 2 fully saturated rings. The minimum atomic E-state index is 0. The highest BCUT2D eigenvalue weighted by molar-refractivity contribution is 14.0. The molecule has 1 unspecified atom stereocenters. The van der Waals surface area contributed by atoms with Crippen molar-refractivity contribution in [2.45, 2.75) is 25.8 Å². The van der Waals surface area contributed by atoms with Gasteiger partial charge in [-0.15, -0.1) is 24.0 Å². The third-order valence-electron chi connectivity index (χ3n) is 5.89. The van der Waals surface area contributed by atoms with E-state index in [0.717, 1.165) is 64.1 Å². The van der Waals surface area contributed by atoms with Crippen molar-refractivity contribution in [1.29, 1.82) is 0 Å². The molecule has 0 radical (unpaired) electrons. The molecule has 1 atom stereocenters. The number of hydrogen-bond acceptors (Lipinski definition) is 5. The van der Waals surface area contributed by atoms with Crippen molar-refractivity contribution in [2.24, 2.45) is 4.99 Å². The lowest BCUT2D eigenvalue weighted by Gasteiger charge is -2.38. The van der Waals surface area contributed by atoms with E-state index >= 15 is 0 Å². The molecule has 0 bridgehead atoms. The van der Waals surface area contributed by atoms with Gasteiger partial charge in [0.2, 0.25) is 0 Å². The van der Waals surface area contributed by atoms with Crippen LogP contribution in [0.15, 0.2) is 29.3 Å². The molecular weight excluding hydrogens is 493 g/mol. The van der Waals surface area contributed by atoms with Gasteiger partial charge < -0.3 is 24.6 Å². The van der Waals surface area contributed by atoms with Gasteiger partial charge in [-0.3, -0.25) is 9.89 Å². The first-order chi connectivity index (χ1) is 14.2. The van der Waals surface area contributed by atoms with Crippen molar-refractivity contribution in [2.75, 3.05) is 78.1 Å². The molecule has 2 aliphatic rings. The van der Waals surface area contributed by atoms with Crippen LogP contribution >= 0.6 is 24.0 Å². The van der Waals surface area contributed by atoms with Crippen molar-refractivity contribution < 1.29 is 9.47 Å². The SMILES string of the molecule is CCNC(=NCC1CCCN1CCOC)N1CCN(c2ccc(OC)cc2)CC1.I. The topological polar surface area (TPSA) is 52.6 Å². The number of piperazine rings is 1. The van der Waals surface area contributed by atoms with Gasteiger partial charge in [-0.25, -0.2) is 0 Å². The lowest BCUT2D eigenvalue weighted by atomic mass is 10.2. The van der Waals surface area contributed by atoms with Gasteiger partial charge in [0.05, 0.1) is 20.3 Å². The second-order valence-corrected chi connectivity index (χ2v) is 7.69. The zero-order chi connectivity index (χ0) is 20.5. The Bertz CT molecular complexity index is 635. The second-order valence-electron chi connectivity index (χ2n) is 7.69. The summed E-state index contributed by atoms with van der Waals surface area (Å²) in [4.78, 5) is 12.4. The van der Waals surface area contributed by atoms with Crippen LogP contribution in [0.4, 0.5) is 5.69 Å². The molecule has 2 heterocycles. The van der Waals surface area contributed by atoms with E-state index in [0.29, 0.717) is 6.04 Å². The number of anilines is 1. The van der Waals surface area contributed by atoms with E-state index in [1.807, 2.05) is 12.1 Å². The maximum Gasteiger partial charge on any atom is 0.194 e. The molecule has 8 heteroatoms. The minimum Gasteiger partial charge on any atom is -0.497 e. The minimum absolute atomic E-state index is 0. The van der Waals surface area contributed by atoms with Gasteiger partial charge in [-0.1, -0.05) is 0 Å². The Labute approximate surface area is 198 Å². The molecule has 2 saturated heterocycles. The van der Waals surface area contributed by atoms with Crippen LogP contribution < -0.4 is 15.0 Å². The lowest BCUT2D eigenvalue weighted by Crippen LogP contribution is -2.52. The van der Waals surface area contributed by atoms with E-state index in [4.69, 9.17) is 14.5 Å². The first-order valence-electron chi connectivity index (χ1n) is 10.9. The Kier molecular flexibility index (Phi) is 11.0. The number of rotatable bonds is 8. The molecule has 0 aliphatic carbocycles. The fraction of sp³-hybridized carbons (Fsp3) is 0.682. The highest BCUT2D eigenvalue weighted by Gasteiger charge is 2.25. The maximum absolute atomic E-state index is 5.27. The lowest BCUT2D eigenvalue weighted by molar-refractivity contribution is 0.142. The van der Waals surface area contributed by atoms with E-state index in [1.54, 1.807) is 14.2 Å². The molecule has 170 valence electrons. The Morgan fingerprint density at radius 2 is 1.83 bits per heavy atom. The number of nitrogens with one attached hydrogen (secondary N) is 1. The molecule has 7 nitrogen and oxygen atoms in total. The van der Waals surface area contributed by atoms with Crippen LogP contribution in [0.25, 0.3) is 0 Å². The number of guanidine groups is 1. The number of likely N-dealkylation sites (tertiary alicyclic amines) is 1. The quantitative estimate of drug-likeness (QED) is 0.316. The van der Waals surface area contributed by atoms with Crippen molar-refractivity contribution in [1.82, 2.24) is 15.1 Å². The number of benzene rings is 1. The number of halogens is 1. The van der Waals surface area contributed by atoms with E-state index in [-0.39, 0.29) is 24.0 Å². The molecule has 1 aromatic carbocycles. The van der Waals surface area contributed by atoms with Gasteiger partial charge in [0.15, 0.2) is 5.96 Å². The predicted molar refractivity (Wildman–Crippen MR) is 135 cm³/mol. The Hall–Kier alpha value is -1.26. The highest BCUT2D eigenvalue weighted by Crippen LogP contribution is 2.21. The summed E-state index contributed by atoms with van der Waals surface area (Å²) in [6.45, 7) is 10.8. The molecule has 0 spiro atoms. The van der Waals surface area contributed by atoms with Gasteiger partial charge in [0.25, 0.3) is 0 Å². The van der Waals surface area contributed by atoms with Crippen LogP contribution in [0.1, 0.15) is 19.8 Å². The number of ether oxygens (including phenoxy) is 2. The fourth-order valence-corrected chi connectivity index (χ4v) is 4.19. The van der Waals surface area contributed by atoms with Gasteiger partial charge >= 0.3 is 0 Å². The Morgan fingerprint density at radius 3 is 2.47 bits per heavy atom. The van der Waals surface area contributed by atoms with Gasteiger partial charge in [0, 0.05) is 58.1 Å². The van der Waals surface area contributed by atoms with Crippen LogP contribution in [0, 0.1) is 0 Å². The summed E-state index contributed by atoms with van der Waals surface area (Å²) >= 11 is 0. The largest absolute Gasteiger partial charge is 0.497 e. The fourth-order valence-electron chi connectivity index (χ4n) is 4.19. The average Bonchev–Trinajstić information content (AvgIpc) is 3.22. The standard InChI is InChI=1S/C22H37N5O2.HI/c1-4-23-22(24-18-20-6-5-11-25(20)16-17-28-2)27-14-12-26(13-15-27)19-7-9-21(29-3)10-8-19;/h7-10,20H,4-6,11-18H2,1-3H3,(H,23,24);1H. The second kappa shape index (κ2) is 13.2. The summed E-state index contributed by atoms with van der Waals surface area (Å²) in [6.07, 6.45) is 2.50. The van der Waals surface area contributed by atoms with Crippen molar-refractivity contribution in [3.63, 3.8) is 0 Å². The third kappa shape index (κ3) is 6.88. The van der Waals surface area contributed by atoms with Crippen LogP contribution in [0.2, 0.25) is 0 Å². The zero-order valence-corrected chi connectivity index (χ0v) is 21.0. The van der Waals surface area contributed by atoms with E-state index in [1.165, 1.54) is 25.1 Å². The van der Waals surface area contributed by atoms with E-state index in [2.05, 4.69) is 39.1 Å². The summed E-state index contributed by atoms with van der Waals surface area (Å²) in [6, 6.07) is 8.89. The van der Waals surface area contributed by atoms with Crippen molar-refractivity contribution in [3.05, 3.63) is 24.3 Å². The summed E-state index contributed by atoms with van der Waals surface area (Å²) in [5.41, 5.74) is 1.26. The summed E-state index contributed by atoms with van der Waals surface area (Å²) < 4.78 is 10.5. The van der Waals surface area contributed by atoms with E-state index in [9.17, 15) is 0 Å². The highest BCUT2D eigenvalue weighted by atomic mass is 127. The molecule has 1 aromatic rings. The first kappa shape index (κ1) is 25.0. The number of hydrogen-bond donors (Lipinski definition) is 1. The van der Waals surface area contributed by atoms with Crippen LogP contribution in [0.3, 0.4) is 0 Å². The molecule has 0 amide bonds.